The number of nitrogens with zero attached hydrogens (tertiary/aromatic N) is 1. The minimum Gasteiger partial charge on any atom is -0.455 e. The van der Waals surface area contributed by atoms with Crippen LogP contribution in [0.5, 0.6) is 0 Å². The Morgan fingerprint density at radius 3 is 1.72 bits per heavy atom. The van der Waals surface area contributed by atoms with Gasteiger partial charge in [-0.1, -0.05) is 164 Å². The first-order valence-electron chi connectivity index (χ1n) is 23.9. The van der Waals surface area contributed by atoms with Crippen LogP contribution in [0.1, 0.15) is 11.0 Å². The lowest BCUT2D eigenvalue weighted by atomic mass is 9.93. The van der Waals surface area contributed by atoms with Crippen LogP contribution < -0.4 is 4.90 Å². The maximum Gasteiger partial charge on any atom is 0.143 e. The van der Waals surface area contributed by atoms with E-state index < -0.39 is 24.2 Å². The summed E-state index contributed by atoms with van der Waals surface area (Å²) in [5.74, 6) is 0. The van der Waals surface area contributed by atoms with E-state index in [-0.39, 0.29) is 46.7 Å². The molecule has 0 aliphatic rings. The van der Waals surface area contributed by atoms with Crippen LogP contribution >= 0.6 is 0 Å². The average Bonchev–Trinajstić information content (AvgIpc) is 3.77. The van der Waals surface area contributed by atoms with E-state index in [1.165, 1.54) is 4.90 Å². The number of benzene rings is 11. The molecule has 2 heteroatoms. The lowest BCUT2D eigenvalue weighted by Gasteiger charge is -2.27. The van der Waals surface area contributed by atoms with E-state index in [9.17, 15) is 11.0 Å². The molecule has 0 saturated carbocycles. The molecule has 1 heterocycles. The first kappa shape index (κ1) is 26.9. The third kappa shape index (κ3) is 5.65. The first-order valence-corrected chi connectivity index (χ1v) is 19.9. The summed E-state index contributed by atoms with van der Waals surface area (Å²) in [6.45, 7) is 0. The summed E-state index contributed by atoms with van der Waals surface area (Å²) in [6, 6.07) is 53.2. The molecule has 0 aliphatic carbocycles. The molecule has 0 saturated heterocycles. The second-order valence-electron chi connectivity index (χ2n) is 15.0. The van der Waals surface area contributed by atoms with E-state index >= 15 is 0 Å². The minimum atomic E-state index is -0.422. The third-order valence-corrected chi connectivity index (χ3v) is 11.5. The van der Waals surface area contributed by atoms with Crippen LogP contribution in [-0.4, -0.2) is 0 Å². The molecule has 0 aliphatic heterocycles. The van der Waals surface area contributed by atoms with Gasteiger partial charge in [-0.25, -0.2) is 0 Å². The molecule has 60 heavy (non-hydrogen) atoms. The zero-order chi connectivity index (χ0) is 46.5. The molecule has 0 N–H and O–H groups in total. The van der Waals surface area contributed by atoms with E-state index in [1.54, 1.807) is 24.3 Å². The number of furan rings is 1. The molecule has 0 fully saturated rings. The predicted molar refractivity (Wildman–Crippen MR) is 255 cm³/mol. The van der Waals surface area contributed by atoms with Crippen molar-refractivity contribution in [2.45, 2.75) is 0 Å². The monoisotopic (exact) mass is 771 g/mol. The molecule has 0 bridgehead atoms. The average molecular weight is 772 g/mol. The molecule has 0 radical (unpaired) electrons. The van der Waals surface area contributed by atoms with Gasteiger partial charge in [-0.3, -0.25) is 0 Å². The topological polar surface area (TPSA) is 16.4 Å². The van der Waals surface area contributed by atoms with Crippen molar-refractivity contribution in [3.05, 3.63) is 224 Å². The van der Waals surface area contributed by atoms with Gasteiger partial charge in [-0.15, -0.1) is 0 Å². The van der Waals surface area contributed by atoms with Gasteiger partial charge in [0.25, 0.3) is 0 Å². The Hall–Kier alpha value is -7.94. The molecular weight excluding hydrogens is 727 g/mol. The van der Waals surface area contributed by atoms with Crippen LogP contribution in [0.25, 0.3) is 98.4 Å². The molecule has 0 amide bonds. The lowest BCUT2D eigenvalue weighted by Crippen LogP contribution is -2.10. The van der Waals surface area contributed by atoms with Crippen LogP contribution in [-0.2, 0) is 0 Å². The van der Waals surface area contributed by atoms with Gasteiger partial charge in [0.05, 0.1) is 22.0 Å². The summed E-state index contributed by atoms with van der Waals surface area (Å²) in [5, 5.41) is 8.72. The van der Waals surface area contributed by atoms with Gasteiger partial charge in [0.2, 0.25) is 0 Å². The fourth-order valence-corrected chi connectivity index (χ4v) is 8.67. The fourth-order valence-electron chi connectivity index (χ4n) is 8.67. The normalized spacial score (nSPS) is 13.5. The highest BCUT2D eigenvalue weighted by Crippen LogP contribution is 2.45. The molecule has 0 spiro atoms. The Morgan fingerprint density at radius 2 is 0.933 bits per heavy atom. The van der Waals surface area contributed by atoms with Crippen LogP contribution in [0, 0.1) is 0 Å². The molecule has 1 aromatic heterocycles. The van der Waals surface area contributed by atoms with Gasteiger partial charge in [-0.05, 0) is 132 Å². The van der Waals surface area contributed by atoms with Gasteiger partial charge in [0.1, 0.15) is 11.2 Å². The number of hydrogen-bond acceptors (Lipinski definition) is 2. The highest BCUT2D eigenvalue weighted by molar-refractivity contribution is 6.20. The van der Waals surface area contributed by atoms with E-state index in [4.69, 9.17) is 4.42 Å². The smallest absolute Gasteiger partial charge is 0.143 e. The fraction of sp³-hybridized carbons (Fsp3) is 0. The van der Waals surface area contributed by atoms with Crippen LogP contribution in [0.4, 0.5) is 17.1 Å². The Kier molecular flexibility index (Phi) is 6.21. The van der Waals surface area contributed by atoms with Crippen molar-refractivity contribution >= 4 is 82.1 Å². The second-order valence-corrected chi connectivity index (χ2v) is 15.0. The summed E-state index contributed by atoms with van der Waals surface area (Å²) in [5.41, 5.74) is 3.84. The maximum absolute atomic E-state index is 9.87. The molecule has 0 unspecified atom stereocenters. The van der Waals surface area contributed by atoms with Gasteiger partial charge >= 0.3 is 0 Å². The summed E-state index contributed by atoms with van der Waals surface area (Å²) >= 11 is 0. The molecule has 11 aromatic carbocycles. The highest BCUT2D eigenvalue weighted by atomic mass is 16.3. The van der Waals surface area contributed by atoms with Gasteiger partial charge in [0, 0.05) is 22.1 Å². The van der Waals surface area contributed by atoms with Crippen molar-refractivity contribution in [2.75, 3.05) is 4.90 Å². The van der Waals surface area contributed by atoms with Crippen molar-refractivity contribution < 1.29 is 15.4 Å². The van der Waals surface area contributed by atoms with E-state index in [0.717, 1.165) is 54.2 Å². The Bertz CT molecular complexity index is 4050. The van der Waals surface area contributed by atoms with Crippen molar-refractivity contribution in [1.29, 1.82) is 0 Å². The minimum absolute atomic E-state index is 0.0860. The molecule has 12 aromatic rings. The van der Waals surface area contributed by atoms with Crippen LogP contribution in [0.2, 0.25) is 0 Å². The lowest BCUT2D eigenvalue weighted by molar-refractivity contribution is 0.672. The predicted octanol–water partition coefficient (Wildman–Crippen LogP) is 16.7. The Labute approximate surface area is 359 Å². The SMILES string of the molecule is [2H]c1c([2H])c(N(c2c([2H])c([2H])c(-c3cc4ccccc4c4ccccc34)c([2H])c2[2H])c2cccc3oc4c5ccccc5ccc4c23)c([2H])c([2H])c1-c1cccc(-c2ccc3ccccc3c2)c1. The summed E-state index contributed by atoms with van der Waals surface area (Å²) in [7, 11) is 0. The Balaban J connectivity index is 1.12. The maximum atomic E-state index is 9.87. The second kappa shape index (κ2) is 13.9. The van der Waals surface area contributed by atoms with Crippen molar-refractivity contribution in [3.63, 3.8) is 0 Å². The van der Waals surface area contributed by atoms with E-state index in [1.807, 2.05) is 146 Å². The third-order valence-electron chi connectivity index (χ3n) is 11.5. The standard InChI is InChI=1S/C58H37NO/c1-2-13-42-36-45(24-23-38(42)11-1)44-16-9-15-43(35-44)39-25-30-47(31-26-39)59(55-21-10-22-56-57(55)53-34-29-40-12-3-6-18-50(40)58(53)60-56)48-32-27-41(28-33-48)54-37-46-14-4-5-17-49(46)51-19-7-8-20-52(51)54/h1-37H/i25D,26D,27D,28D,30D,31D,32D,33D. The van der Waals surface area contributed by atoms with Gasteiger partial charge in [-0.2, -0.15) is 0 Å². The molecule has 2 nitrogen and oxygen atoms in total. The van der Waals surface area contributed by atoms with Gasteiger partial charge in [0.15, 0.2) is 0 Å². The van der Waals surface area contributed by atoms with Crippen molar-refractivity contribution in [3.8, 4) is 33.4 Å². The summed E-state index contributed by atoms with van der Waals surface area (Å²) in [4.78, 5) is 1.38. The quantitative estimate of drug-likeness (QED) is 0.157. The number of fused-ring (bicyclic) bond motifs is 9. The number of rotatable bonds is 6. The number of hydrogen-bond donors (Lipinski definition) is 0. The van der Waals surface area contributed by atoms with Crippen molar-refractivity contribution in [2.24, 2.45) is 0 Å². The number of anilines is 3. The summed E-state index contributed by atoms with van der Waals surface area (Å²) in [6.07, 6.45) is 0. The van der Waals surface area contributed by atoms with Crippen LogP contribution in [0.3, 0.4) is 0 Å². The zero-order valence-electron chi connectivity index (χ0n) is 40.1. The molecular formula is C58H37NO. The molecule has 12 rings (SSSR count). The van der Waals surface area contributed by atoms with E-state index in [2.05, 4.69) is 6.07 Å². The largest absolute Gasteiger partial charge is 0.455 e. The van der Waals surface area contributed by atoms with Gasteiger partial charge < -0.3 is 9.32 Å². The molecule has 280 valence electrons. The van der Waals surface area contributed by atoms with Crippen molar-refractivity contribution in [1.82, 2.24) is 0 Å². The highest BCUT2D eigenvalue weighted by Gasteiger charge is 2.21. The van der Waals surface area contributed by atoms with Crippen LogP contribution in [0.15, 0.2) is 229 Å². The zero-order valence-corrected chi connectivity index (χ0v) is 32.1. The van der Waals surface area contributed by atoms with E-state index in [0.29, 0.717) is 38.8 Å². The molecule has 0 atom stereocenters. The summed E-state index contributed by atoms with van der Waals surface area (Å²) < 4.78 is 84.7. The Morgan fingerprint density at radius 1 is 0.350 bits per heavy atom. The first-order chi connectivity index (χ1) is 33.1.